The highest BCUT2D eigenvalue weighted by atomic mass is 32.1. The molecule has 25 heavy (non-hydrogen) atoms. The van der Waals surface area contributed by atoms with Crippen molar-refractivity contribution in [1.29, 1.82) is 0 Å². The van der Waals surface area contributed by atoms with Crippen molar-refractivity contribution in [3.05, 3.63) is 35.2 Å². The highest BCUT2D eigenvalue weighted by Crippen LogP contribution is 2.51. The van der Waals surface area contributed by atoms with Crippen molar-refractivity contribution in [1.82, 2.24) is 10.3 Å². The molecule has 6 rings (SSSR count). The Labute approximate surface area is 154 Å². The second kappa shape index (κ2) is 5.73. The lowest BCUT2D eigenvalue weighted by molar-refractivity contribution is -0.0334. The lowest BCUT2D eigenvalue weighted by atomic mass is 9.63. The molecule has 3 nitrogen and oxygen atoms in total. The quantitative estimate of drug-likeness (QED) is 0.838. The molecular weight excluding hydrogens is 326 g/mol. The van der Waals surface area contributed by atoms with E-state index < -0.39 is 0 Å². The Morgan fingerprint density at radius 1 is 1.24 bits per heavy atom. The van der Waals surface area contributed by atoms with Gasteiger partial charge in [-0.05, 0) is 61.5 Å². The first-order valence-electron chi connectivity index (χ1n) is 9.77. The second-order valence-corrected chi connectivity index (χ2v) is 9.63. The van der Waals surface area contributed by atoms with E-state index in [-0.39, 0.29) is 5.66 Å². The molecule has 1 aromatic carbocycles. The van der Waals surface area contributed by atoms with Crippen LogP contribution in [0, 0.1) is 17.8 Å². The SMILES string of the molecule is CC(C)CN1C(c2cc3ccccc3s2)=NN[C@]12CC1CCC2CC1. The maximum absolute atomic E-state index is 4.93. The molecule has 1 atom stereocenters. The zero-order chi connectivity index (χ0) is 17.0. The van der Waals surface area contributed by atoms with Gasteiger partial charge in [0, 0.05) is 17.2 Å². The van der Waals surface area contributed by atoms with Gasteiger partial charge in [0.25, 0.3) is 0 Å². The van der Waals surface area contributed by atoms with Gasteiger partial charge in [-0.3, -0.25) is 5.43 Å². The van der Waals surface area contributed by atoms with Crippen molar-refractivity contribution in [3.8, 4) is 0 Å². The zero-order valence-corrected chi connectivity index (χ0v) is 16.0. The molecule has 1 aromatic heterocycles. The van der Waals surface area contributed by atoms with Gasteiger partial charge >= 0.3 is 0 Å². The minimum Gasteiger partial charge on any atom is -0.329 e. The summed E-state index contributed by atoms with van der Waals surface area (Å²) >= 11 is 1.88. The van der Waals surface area contributed by atoms with Gasteiger partial charge in [0.15, 0.2) is 5.84 Å². The number of amidine groups is 1. The topological polar surface area (TPSA) is 27.6 Å². The Kier molecular flexibility index (Phi) is 3.60. The summed E-state index contributed by atoms with van der Waals surface area (Å²) in [7, 11) is 0. The second-order valence-electron chi connectivity index (χ2n) is 8.55. The van der Waals surface area contributed by atoms with Crippen LogP contribution in [0.5, 0.6) is 0 Å². The molecule has 2 aromatic rings. The van der Waals surface area contributed by atoms with Crippen LogP contribution in [0.15, 0.2) is 35.4 Å². The van der Waals surface area contributed by atoms with Gasteiger partial charge in [0.05, 0.1) is 4.88 Å². The average Bonchev–Trinajstić information content (AvgIpc) is 3.18. The number of benzene rings is 1. The lowest BCUT2D eigenvalue weighted by Crippen LogP contribution is -2.64. The summed E-state index contributed by atoms with van der Waals surface area (Å²) in [4.78, 5) is 3.96. The van der Waals surface area contributed by atoms with E-state index in [2.05, 4.69) is 54.5 Å². The van der Waals surface area contributed by atoms with Crippen molar-refractivity contribution in [2.75, 3.05) is 6.54 Å². The lowest BCUT2D eigenvalue weighted by Gasteiger charge is -2.54. The third-order valence-electron chi connectivity index (χ3n) is 6.41. The van der Waals surface area contributed by atoms with Crippen LogP contribution >= 0.6 is 11.3 Å². The van der Waals surface area contributed by atoms with Crippen molar-refractivity contribution in [2.45, 2.75) is 51.6 Å². The molecule has 1 N–H and O–H groups in total. The van der Waals surface area contributed by atoms with E-state index in [1.807, 2.05) is 11.3 Å². The van der Waals surface area contributed by atoms with Crippen LogP contribution in [0.2, 0.25) is 0 Å². The van der Waals surface area contributed by atoms with E-state index in [0.29, 0.717) is 5.92 Å². The van der Waals surface area contributed by atoms with Gasteiger partial charge in [-0.2, -0.15) is 5.10 Å². The highest BCUT2D eigenvalue weighted by molar-refractivity contribution is 7.20. The Morgan fingerprint density at radius 2 is 2.04 bits per heavy atom. The summed E-state index contributed by atoms with van der Waals surface area (Å²) in [5.41, 5.74) is 3.75. The molecule has 1 spiro atoms. The first-order chi connectivity index (χ1) is 12.2. The van der Waals surface area contributed by atoms with E-state index in [1.165, 1.54) is 52.9 Å². The summed E-state index contributed by atoms with van der Waals surface area (Å²) in [5, 5.41) is 6.27. The van der Waals surface area contributed by atoms with Crippen molar-refractivity contribution in [3.63, 3.8) is 0 Å². The van der Waals surface area contributed by atoms with Crippen molar-refractivity contribution in [2.24, 2.45) is 22.9 Å². The summed E-state index contributed by atoms with van der Waals surface area (Å²) < 4.78 is 1.36. The zero-order valence-electron chi connectivity index (χ0n) is 15.2. The number of hydrogen-bond donors (Lipinski definition) is 1. The number of rotatable bonds is 3. The maximum atomic E-state index is 4.93. The normalized spacial score (nSPS) is 31.2. The number of thiophene rings is 1. The maximum Gasteiger partial charge on any atom is 0.167 e. The molecular formula is C21H27N3S. The number of fused-ring (bicyclic) bond motifs is 3. The molecule has 3 saturated carbocycles. The number of nitrogens with one attached hydrogen (secondary N) is 1. The predicted octanol–water partition coefficient (Wildman–Crippen LogP) is 5.03. The molecule has 0 radical (unpaired) electrons. The molecule has 3 aliphatic carbocycles. The third-order valence-corrected chi connectivity index (χ3v) is 7.52. The number of hydrogen-bond acceptors (Lipinski definition) is 4. The van der Waals surface area contributed by atoms with Gasteiger partial charge in [0.1, 0.15) is 5.66 Å². The predicted molar refractivity (Wildman–Crippen MR) is 106 cm³/mol. The van der Waals surface area contributed by atoms with Gasteiger partial charge in [0.2, 0.25) is 0 Å². The minimum atomic E-state index is 0.0803. The van der Waals surface area contributed by atoms with E-state index in [9.17, 15) is 0 Å². The molecule has 0 unspecified atom stereocenters. The van der Waals surface area contributed by atoms with E-state index in [1.54, 1.807) is 0 Å². The van der Waals surface area contributed by atoms with Gasteiger partial charge in [-0.15, -0.1) is 11.3 Å². The number of nitrogens with zero attached hydrogens (tertiary/aromatic N) is 2. The fourth-order valence-corrected chi connectivity index (χ4v) is 6.33. The molecule has 2 heterocycles. The van der Waals surface area contributed by atoms with Crippen molar-refractivity contribution < 1.29 is 0 Å². The van der Waals surface area contributed by atoms with Crippen LogP contribution < -0.4 is 5.43 Å². The van der Waals surface area contributed by atoms with Crippen LogP contribution in [-0.2, 0) is 0 Å². The first kappa shape index (κ1) is 15.7. The molecule has 3 fully saturated rings. The Morgan fingerprint density at radius 3 is 2.72 bits per heavy atom. The summed E-state index contributed by atoms with van der Waals surface area (Å²) in [6.45, 7) is 5.74. The molecule has 1 aliphatic heterocycles. The van der Waals surface area contributed by atoms with Crippen LogP contribution in [0.4, 0.5) is 0 Å². The number of hydrazone groups is 1. The summed E-state index contributed by atoms with van der Waals surface area (Å²) in [6, 6.07) is 11.0. The smallest absolute Gasteiger partial charge is 0.167 e. The van der Waals surface area contributed by atoms with Crippen LogP contribution in [-0.4, -0.2) is 22.9 Å². The molecule has 2 bridgehead atoms. The van der Waals surface area contributed by atoms with Crippen LogP contribution in [0.25, 0.3) is 10.1 Å². The van der Waals surface area contributed by atoms with E-state index in [0.717, 1.165) is 18.4 Å². The largest absolute Gasteiger partial charge is 0.329 e. The minimum absolute atomic E-state index is 0.0803. The first-order valence-corrected chi connectivity index (χ1v) is 10.6. The molecule has 4 aliphatic rings. The van der Waals surface area contributed by atoms with E-state index in [4.69, 9.17) is 5.10 Å². The Bertz CT molecular complexity index is 782. The van der Waals surface area contributed by atoms with Crippen LogP contribution in [0.1, 0.15) is 50.8 Å². The fraction of sp³-hybridized carbons (Fsp3) is 0.571. The van der Waals surface area contributed by atoms with Crippen LogP contribution in [0.3, 0.4) is 0 Å². The van der Waals surface area contributed by atoms with E-state index >= 15 is 0 Å². The highest BCUT2D eigenvalue weighted by Gasteiger charge is 2.54. The summed E-state index contributed by atoms with van der Waals surface area (Å²) in [6.07, 6.45) is 6.83. The fourth-order valence-electron chi connectivity index (χ4n) is 5.27. The van der Waals surface area contributed by atoms with Crippen molar-refractivity contribution >= 4 is 27.3 Å². The van der Waals surface area contributed by atoms with Gasteiger partial charge in [-0.1, -0.05) is 32.0 Å². The Balaban J connectivity index is 1.55. The van der Waals surface area contributed by atoms with Gasteiger partial charge < -0.3 is 4.90 Å². The molecule has 132 valence electrons. The molecule has 4 heteroatoms. The Hall–Kier alpha value is -1.55. The average molecular weight is 354 g/mol. The third kappa shape index (κ3) is 2.41. The molecule has 0 amide bonds. The standard InChI is InChI=1S/C21H27N3S/c1-14(2)13-24-20(19-11-16-5-3-4-6-18(16)25-19)22-23-21(24)12-15-7-9-17(21)10-8-15/h3-6,11,14-15,17,23H,7-10,12-13H2,1-2H3/t15?,17?,21-/m1/s1. The summed E-state index contributed by atoms with van der Waals surface area (Å²) in [5.74, 6) is 3.44. The monoisotopic (exact) mass is 353 g/mol. The molecule has 0 saturated heterocycles. The van der Waals surface area contributed by atoms with Gasteiger partial charge in [-0.25, -0.2) is 0 Å².